The van der Waals surface area contributed by atoms with Crippen LogP contribution < -0.4 is 0 Å². The molecule has 0 spiro atoms. The van der Waals surface area contributed by atoms with Crippen LogP contribution in [0.4, 0.5) is 0 Å². The molecule has 2 heteroatoms. The van der Waals surface area contributed by atoms with Crippen molar-refractivity contribution in [1.82, 2.24) is 0 Å². The molecule has 3 rings (SSSR count). The average molecular weight is 236 g/mol. The van der Waals surface area contributed by atoms with Crippen LogP contribution in [0.2, 0.25) is 0 Å². The van der Waals surface area contributed by atoms with Crippen molar-refractivity contribution < 1.29 is 5.11 Å². The van der Waals surface area contributed by atoms with Crippen LogP contribution in [0, 0.1) is 5.92 Å². The Morgan fingerprint density at radius 2 is 2.06 bits per heavy atom. The van der Waals surface area contributed by atoms with Gasteiger partial charge in [0.2, 0.25) is 0 Å². The number of hydrogen-bond donors (Lipinski definition) is 1. The normalized spacial score (nSPS) is 22.6. The summed E-state index contributed by atoms with van der Waals surface area (Å²) in [6.45, 7) is 0. The Hall–Kier alpha value is -0.340. The van der Waals surface area contributed by atoms with Gasteiger partial charge in [0.05, 0.1) is 6.10 Å². The minimum Gasteiger partial charge on any atom is -0.388 e. The Morgan fingerprint density at radius 1 is 1.25 bits per heavy atom. The first-order chi connectivity index (χ1) is 7.83. The van der Waals surface area contributed by atoms with E-state index in [0.29, 0.717) is 0 Å². The van der Waals surface area contributed by atoms with E-state index in [1.165, 1.54) is 55.4 Å². The maximum Gasteiger partial charge on any atom is 0.0884 e. The molecule has 1 unspecified atom stereocenters. The number of rotatable bonds is 3. The zero-order valence-electron chi connectivity index (χ0n) is 9.74. The SMILES string of the molecule is OC(CC1CCCC1)c1cc2c(s1)CCC2. The highest BCUT2D eigenvalue weighted by atomic mass is 32.1. The number of aliphatic hydroxyl groups excluding tert-OH is 1. The molecule has 2 aliphatic rings. The molecule has 1 atom stereocenters. The third kappa shape index (κ3) is 2.05. The van der Waals surface area contributed by atoms with Crippen molar-refractivity contribution in [2.45, 2.75) is 57.5 Å². The molecule has 0 aliphatic heterocycles. The van der Waals surface area contributed by atoms with Crippen LogP contribution in [0.1, 0.15) is 59.9 Å². The molecule has 1 aromatic heterocycles. The summed E-state index contributed by atoms with van der Waals surface area (Å²) < 4.78 is 0. The van der Waals surface area contributed by atoms with Gasteiger partial charge in [-0.05, 0) is 43.2 Å². The van der Waals surface area contributed by atoms with Gasteiger partial charge in [0, 0.05) is 9.75 Å². The molecule has 0 bridgehead atoms. The standard InChI is InChI=1S/C14H20OS/c15-12(8-10-4-1-2-5-10)14-9-11-6-3-7-13(11)16-14/h9-10,12,15H,1-8H2. The van der Waals surface area contributed by atoms with Gasteiger partial charge >= 0.3 is 0 Å². The Morgan fingerprint density at radius 3 is 2.81 bits per heavy atom. The van der Waals surface area contributed by atoms with E-state index in [4.69, 9.17) is 0 Å². The van der Waals surface area contributed by atoms with E-state index >= 15 is 0 Å². The van der Waals surface area contributed by atoms with Crippen LogP contribution in [0.5, 0.6) is 0 Å². The molecule has 0 aromatic carbocycles. The third-order valence-electron chi connectivity index (χ3n) is 4.13. The second kappa shape index (κ2) is 4.50. The van der Waals surface area contributed by atoms with Gasteiger partial charge in [-0.25, -0.2) is 0 Å². The van der Waals surface area contributed by atoms with Crippen molar-refractivity contribution >= 4 is 11.3 Å². The second-order valence-electron chi connectivity index (χ2n) is 5.35. The molecule has 0 radical (unpaired) electrons. The lowest BCUT2D eigenvalue weighted by Gasteiger charge is -2.13. The number of aryl methyl sites for hydroxylation is 2. The first-order valence-corrected chi connectivity index (χ1v) is 7.44. The summed E-state index contributed by atoms with van der Waals surface area (Å²) in [7, 11) is 0. The molecule has 1 nitrogen and oxygen atoms in total. The largest absolute Gasteiger partial charge is 0.388 e. The number of hydrogen-bond acceptors (Lipinski definition) is 2. The molecular formula is C14H20OS. The molecule has 1 fully saturated rings. The van der Waals surface area contributed by atoms with Gasteiger partial charge in [0.15, 0.2) is 0 Å². The van der Waals surface area contributed by atoms with Crippen LogP contribution in [0.3, 0.4) is 0 Å². The van der Waals surface area contributed by atoms with E-state index < -0.39 is 0 Å². The topological polar surface area (TPSA) is 20.2 Å². The third-order valence-corrected chi connectivity index (χ3v) is 5.46. The van der Waals surface area contributed by atoms with Crippen LogP contribution in [0.25, 0.3) is 0 Å². The van der Waals surface area contributed by atoms with E-state index in [2.05, 4.69) is 6.07 Å². The van der Waals surface area contributed by atoms with Crippen LogP contribution >= 0.6 is 11.3 Å². The summed E-state index contributed by atoms with van der Waals surface area (Å²) in [5.41, 5.74) is 1.52. The summed E-state index contributed by atoms with van der Waals surface area (Å²) in [4.78, 5) is 2.78. The Balaban J connectivity index is 1.66. The van der Waals surface area contributed by atoms with Gasteiger partial charge < -0.3 is 5.11 Å². The van der Waals surface area contributed by atoms with E-state index in [1.54, 1.807) is 4.88 Å². The minimum atomic E-state index is -0.182. The van der Waals surface area contributed by atoms with E-state index in [-0.39, 0.29) is 6.10 Å². The van der Waals surface area contributed by atoms with Gasteiger partial charge in [0.25, 0.3) is 0 Å². The molecular weight excluding hydrogens is 216 g/mol. The lowest BCUT2D eigenvalue weighted by atomic mass is 9.99. The van der Waals surface area contributed by atoms with Crippen LogP contribution in [0.15, 0.2) is 6.07 Å². The van der Waals surface area contributed by atoms with Crippen molar-refractivity contribution in [1.29, 1.82) is 0 Å². The number of thiophene rings is 1. The quantitative estimate of drug-likeness (QED) is 0.845. The summed E-state index contributed by atoms with van der Waals surface area (Å²) in [6.07, 6.45) is 10.0. The van der Waals surface area contributed by atoms with Crippen molar-refractivity contribution in [2.75, 3.05) is 0 Å². The predicted molar refractivity (Wildman–Crippen MR) is 67.9 cm³/mol. The summed E-state index contributed by atoms with van der Waals surface area (Å²) in [6, 6.07) is 2.27. The van der Waals surface area contributed by atoms with Crippen molar-refractivity contribution in [3.05, 3.63) is 21.4 Å². The molecule has 1 aromatic rings. The van der Waals surface area contributed by atoms with Crippen LogP contribution in [-0.4, -0.2) is 5.11 Å². The smallest absolute Gasteiger partial charge is 0.0884 e. The molecule has 0 saturated heterocycles. The molecule has 16 heavy (non-hydrogen) atoms. The zero-order chi connectivity index (χ0) is 11.0. The Labute approximate surface area is 102 Å². The Bertz CT molecular complexity index is 341. The summed E-state index contributed by atoms with van der Waals surface area (Å²) >= 11 is 1.86. The van der Waals surface area contributed by atoms with Gasteiger partial charge in [-0.3, -0.25) is 0 Å². The number of fused-ring (bicyclic) bond motifs is 1. The first kappa shape index (κ1) is 10.8. The molecule has 2 aliphatic carbocycles. The second-order valence-corrected chi connectivity index (χ2v) is 6.52. The highest BCUT2D eigenvalue weighted by Crippen LogP contribution is 2.38. The average Bonchev–Trinajstić information content (AvgIpc) is 2.91. The van der Waals surface area contributed by atoms with Gasteiger partial charge in [-0.2, -0.15) is 0 Å². The van der Waals surface area contributed by atoms with E-state index in [1.807, 2.05) is 11.3 Å². The molecule has 1 N–H and O–H groups in total. The summed E-state index contributed by atoms with van der Waals surface area (Å²) in [5.74, 6) is 0.784. The predicted octanol–water partition coefficient (Wildman–Crippen LogP) is 3.85. The lowest BCUT2D eigenvalue weighted by Crippen LogP contribution is -2.02. The van der Waals surface area contributed by atoms with Gasteiger partial charge in [0.1, 0.15) is 0 Å². The van der Waals surface area contributed by atoms with Crippen molar-refractivity contribution in [3.63, 3.8) is 0 Å². The molecule has 88 valence electrons. The maximum atomic E-state index is 10.2. The van der Waals surface area contributed by atoms with Crippen LogP contribution in [-0.2, 0) is 12.8 Å². The van der Waals surface area contributed by atoms with Crippen molar-refractivity contribution in [3.8, 4) is 0 Å². The van der Waals surface area contributed by atoms with E-state index in [9.17, 15) is 5.11 Å². The first-order valence-electron chi connectivity index (χ1n) is 6.62. The van der Waals surface area contributed by atoms with Gasteiger partial charge in [-0.1, -0.05) is 25.7 Å². The maximum absolute atomic E-state index is 10.2. The molecule has 0 amide bonds. The van der Waals surface area contributed by atoms with Crippen molar-refractivity contribution in [2.24, 2.45) is 5.92 Å². The summed E-state index contributed by atoms with van der Waals surface area (Å²) in [5, 5.41) is 10.2. The fourth-order valence-corrected chi connectivity index (χ4v) is 4.45. The van der Waals surface area contributed by atoms with E-state index in [0.717, 1.165) is 12.3 Å². The molecule has 1 saturated carbocycles. The fourth-order valence-electron chi connectivity index (χ4n) is 3.19. The Kier molecular flexibility index (Phi) is 3.03. The molecule has 1 heterocycles. The number of aliphatic hydroxyl groups is 1. The lowest BCUT2D eigenvalue weighted by molar-refractivity contribution is 0.148. The zero-order valence-corrected chi connectivity index (χ0v) is 10.6. The monoisotopic (exact) mass is 236 g/mol. The highest BCUT2D eigenvalue weighted by Gasteiger charge is 2.23. The fraction of sp³-hybridized carbons (Fsp3) is 0.714. The highest BCUT2D eigenvalue weighted by molar-refractivity contribution is 7.12. The van der Waals surface area contributed by atoms with Gasteiger partial charge in [-0.15, -0.1) is 11.3 Å². The minimum absolute atomic E-state index is 0.182.